The maximum Gasteiger partial charge on any atom is 0.322 e. The minimum Gasteiger partial charge on any atom is -0.481 e. The first-order chi connectivity index (χ1) is 33.2. The van der Waals surface area contributed by atoms with Crippen LogP contribution in [0.3, 0.4) is 0 Å². The number of hydrogen-bond acceptors (Lipinski definition) is 14. The lowest BCUT2D eigenvalue weighted by Gasteiger charge is -2.31. The standard InChI is InChI=1S/C44H77N13O13S/c1-22(2)18-25(45)36(63)51-27(12-13-32(46)58)38(65)55-30(19-23(3)4)43(70)57-16-9-11-31(57)41(68)54-29(20-33(59)60)40(67)52-28(14-17-71-7)39(66)56-35(24(5)6)42(69)53-26(10-8-15-49-44(47)48)37(64)50-21-34(61)62/h22-31,35H,8-21,45H2,1-7H3,(H2,46,58)(H,50,64)(H,51,63)(H,52,67)(H,53,69)(H,54,68)(H,55,65)(H,56,66)(H,59,60)(H,61,62)(H4,47,48,49)/t25-,26-,27-,28-,29-,30-,31-,35-/m0/s1. The summed E-state index contributed by atoms with van der Waals surface area (Å²) in [5, 5.41) is 36.4. The van der Waals surface area contributed by atoms with Crippen molar-refractivity contribution >= 4 is 82.8 Å². The highest BCUT2D eigenvalue weighted by Crippen LogP contribution is 2.21. The summed E-state index contributed by atoms with van der Waals surface area (Å²) in [6, 6.07) is -10.4. The molecule has 27 heteroatoms. The zero-order valence-electron chi connectivity index (χ0n) is 41.7. The van der Waals surface area contributed by atoms with Crippen LogP contribution in [0.5, 0.6) is 0 Å². The van der Waals surface area contributed by atoms with Crippen LogP contribution in [0.15, 0.2) is 4.99 Å². The molecule has 402 valence electrons. The van der Waals surface area contributed by atoms with Gasteiger partial charge in [-0.3, -0.25) is 57.7 Å². The van der Waals surface area contributed by atoms with E-state index in [1.165, 1.54) is 16.7 Å². The zero-order chi connectivity index (χ0) is 54.1. The topological polar surface area (TPSA) is 432 Å². The van der Waals surface area contributed by atoms with Gasteiger partial charge in [0.25, 0.3) is 0 Å². The fourth-order valence-electron chi connectivity index (χ4n) is 7.45. The van der Waals surface area contributed by atoms with E-state index in [1.54, 1.807) is 34.0 Å². The van der Waals surface area contributed by atoms with Crippen molar-refractivity contribution in [3.05, 3.63) is 0 Å². The van der Waals surface area contributed by atoms with Crippen LogP contribution in [0, 0.1) is 17.8 Å². The number of nitrogens with one attached hydrogen (secondary N) is 7. The molecule has 1 fully saturated rings. The molecule has 1 saturated heterocycles. The van der Waals surface area contributed by atoms with Gasteiger partial charge in [0.1, 0.15) is 48.8 Å². The third-order valence-corrected chi connectivity index (χ3v) is 11.7. The van der Waals surface area contributed by atoms with Crippen molar-refractivity contribution in [1.82, 2.24) is 42.1 Å². The van der Waals surface area contributed by atoms with Gasteiger partial charge < -0.3 is 75.3 Å². The van der Waals surface area contributed by atoms with Crippen LogP contribution >= 0.6 is 11.8 Å². The van der Waals surface area contributed by atoms with Crippen molar-refractivity contribution in [2.24, 2.45) is 45.7 Å². The molecule has 0 aromatic carbocycles. The van der Waals surface area contributed by atoms with E-state index < -0.39 is 132 Å². The Morgan fingerprint density at radius 1 is 0.662 bits per heavy atom. The molecule has 1 aliphatic rings. The number of rotatable bonds is 33. The van der Waals surface area contributed by atoms with Crippen molar-refractivity contribution < 1.29 is 63.0 Å². The van der Waals surface area contributed by atoms with Crippen LogP contribution in [-0.2, 0) is 52.7 Å². The maximum absolute atomic E-state index is 14.2. The van der Waals surface area contributed by atoms with E-state index in [-0.39, 0.29) is 75.8 Å². The smallest absolute Gasteiger partial charge is 0.322 e. The SMILES string of the molecule is CSCC[C@H](NC(=O)[C@H](CC(=O)O)NC(=O)[C@@H]1CCCN1C(=O)[C@H](CC(C)C)NC(=O)[C@H](CCC(N)=O)NC(=O)[C@@H](N)CC(C)C)C(=O)N[C@H](C(=O)N[C@@H](CCCN=C(N)N)C(=O)NCC(=O)O)C(C)C. The highest BCUT2D eigenvalue weighted by Gasteiger charge is 2.41. The number of hydrogen-bond donors (Lipinski definition) is 13. The van der Waals surface area contributed by atoms with Crippen LogP contribution in [0.25, 0.3) is 0 Å². The van der Waals surface area contributed by atoms with Crippen molar-refractivity contribution in [3.63, 3.8) is 0 Å². The van der Waals surface area contributed by atoms with Gasteiger partial charge in [-0.05, 0) is 81.1 Å². The van der Waals surface area contributed by atoms with Gasteiger partial charge in [0, 0.05) is 19.5 Å². The molecule has 17 N–H and O–H groups in total. The number of nitrogens with zero attached hydrogens (tertiary/aromatic N) is 2. The lowest BCUT2D eigenvalue weighted by atomic mass is 10.0. The highest BCUT2D eigenvalue weighted by molar-refractivity contribution is 7.98. The number of aliphatic imine (C=N–C) groups is 1. The largest absolute Gasteiger partial charge is 0.481 e. The summed E-state index contributed by atoms with van der Waals surface area (Å²) in [6.07, 6.45) is 1.30. The molecule has 0 saturated carbocycles. The molecular formula is C44H77N13O13S. The molecule has 0 radical (unpaired) electrons. The zero-order valence-corrected chi connectivity index (χ0v) is 42.6. The number of carboxylic acids is 2. The van der Waals surface area contributed by atoms with Gasteiger partial charge in [-0.25, -0.2) is 0 Å². The third kappa shape index (κ3) is 23.9. The highest BCUT2D eigenvalue weighted by atomic mass is 32.2. The Balaban J connectivity index is 3.37. The van der Waals surface area contributed by atoms with Gasteiger partial charge in [0.05, 0.1) is 12.5 Å². The Bertz CT molecular complexity index is 1900. The van der Waals surface area contributed by atoms with Crippen LogP contribution in [-0.4, -0.2) is 166 Å². The Labute approximate surface area is 418 Å². The second-order valence-electron chi connectivity index (χ2n) is 18.5. The number of carbonyl (C=O) groups excluding carboxylic acids is 9. The van der Waals surface area contributed by atoms with Crippen molar-refractivity contribution in [2.45, 2.75) is 154 Å². The molecule has 9 amide bonds. The van der Waals surface area contributed by atoms with E-state index in [4.69, 9.17) is 28.0 Å². The van der Waals surface area contributed by atoms with Crippen molar-refractivity contribution in [3.8, 4) is 0 Å². The van der Waals surface area contributed by atoms with Gasteiger partial charge in [-0.1, -0.05) is 41.5 Å². The Morgan fingerprint density at radius 3 is 1.76 bits per heavy atom. The molecular weight excluding hydrogens is 951 g/mol. The molecule has 26 nitrogen and oxygen atoms in total. The summed E-state index contributed by atoms with van der Waals surface area (Å²) in [6.45, 7) is 9.90. The summed E-state index contributed by atoms with van der Waals surface area (Å²) >= 11 is 1.31. The van der Waals surface area contributed by atoms with E-state index in [1.807, 2.05) is 13.8 Å². The van der Waals surface area contributed by atoms with E-state index in [2.05, 4.69) is 42.2 Å². The molecule has 0 aromatic rings. The number of carboxylic acid groups (broad SMARTS) is 2. The van der Waals surface area contributed by atoms with Crippen LogP contribution in [0.4, 0.5) is 0 Å². The van der Waals surface area contributed by atoms with E-state index in [0.717, 1.165) is 0 Å². The van der Waals surface area contributed by atoms with Gasteiger partial charge >= 0.3 is 11.9 Å². The first-order valence-corrected chi connectivity index (χ1v) is 25.0. The number of amides is 9. The van der Waals surface area contributed by atoms with Crippen molar-refractivity contribution in [2.75, 3.05) is 31.6 Å². The summed E-state index contributed by atoms with van der Waals surface area (Å²) in [7, 11) is 0. The first kappa shape index (κ1) is 62.8. The molecule has 0 unspecified atom stereocenters. The number of guanidine groups is 1. The predicted molar refractivity (Wildman–Crippen MR) is 262 cm³/mol. The van der Waals surface area contributed by atoms with Crippen molar-refractivity contribution in [1.29, 1.82) is 0 Å². The molecule has 0 aliphatic carbocycles. The molecule has 71 heavy (non-hydrogen) atoms. The maximum atomic E-state index is 14.2. The number of aliphatic carboxylic acids is 2. The summed E-state index contributed by atoms with van der Waals surface area (Å²) in [5.41, 5.74) is 22.1. The average molecular weight is 1030 g/mol. The first-order valence-electron chi connectivity index (χ1n) is 23.6. The molecule has 1 aliphatic heterocycles. The fourth-order valence-corrected chi connectivity index (χ4v) is 7.93. The lowest BCUT2D eigenvalue weighted by molar-refractivity contribution is -0.144. The summed E-state index contributed by atoms with van der Waals surface area (Å²) in [5.74, 6) is -10.8. The van der Waals surface area contributed by atoms with E-state index in [9.17, 15) is 57.8 Å². The Morgan fingerprint density at radius 2 is 1.21 bits per heavy atom. The second-order valence-corrected chi connectivity index (χ2v) is 19.5. The number of likely N-dealkylation sites (tertiary alicyclic amines) is 1. The summed E-state index contributed by atoms with van der Waals surface area (Å²) < 4.78 is 0. The predicted octanol–water partition coefficient (Wildman–Crippen LogP) is -3.29. The minimum absolute atomic E-state index is 0.0183. The van der Waals surface area contributed by atoms with E-state index >= 15 is 0 Å². The molecule has 1 heterocycles. The average Bonchev–Trinajstić information content (AvgIpc) is 3.77. The normalized spacial score (nSPS) is 16.3. The Kier molecular flexibility index (Phi) is 28.2. The lowest BCUT2D eigenvalue weighted by Crippen LogP contribution is -2.61. The van der Waals surface area contributed by atoms with Gasteiger partial charge in [-0.2, -0.15) is 11.8 Å². The molecule has 8 atom stereocenters. The molecule has 0 spiro atoms. The second kappa shape index (κ2) is 31.9. The van der Waals surface area contributed by atoms with Crippen LogP contribution in [0.1, 0.15) is 106 Å². The Hall–Kier alpha value is -6.25. The fraction of sp³-hybridized carbons (Fsp3) is 0.727. The van der Waals surface area contributed by atoms with Crippen LogP contribution < -0.4 is 60.2 Å². The van der Waals surface area contributed by atoms with Gasteiger partial charge in [0.2, 0.25) is 53.2 Å². The van der Waals surface area contributed by atoms with Crippen LogP contribution in [0.2, 0.25) is 0 Å². The molecule has 1 rings (SSSR count). The number of nitrogens with two attached hydrogens (primary N) is 4. The van der Waals surface area contributed by atoms with E-state index in [0.29, 0.717) is 18.6 Å². The summed E-state index contributed by atoms with van der Waals surface area (Å²) in [4.78, 5) is 149. The number of primary amides is 1. The number of carbonyl (C=O) groups is 11. The third-order valence-electron chi connectivity index (χ3n) is 11.0. The quantitative estimate of drug-likeness (QED) is 0.0174. The van der Waals surface area contributed by atoms with Gasteiger partial charge in [0.15, 0.2) is 5.96 Å². The molecule has 0 aromatic heterocycles. The molecule has 0 bridgehead atoms. The minimum atomic E-state index is -1.77. The monoisotopic (exact) mass is 1030 g/mol. The number of thioether (sulfide) groups is 1. The van der Waals surface area contributed by atoms with Gasteiger partial charge in [-0.15, -0.1) is 0 Å².